The van der Waals surface area contributed by atoms with Gasteiger partial charge in [-0.25, -0.2) is 0 Å². The molecule has 0 aromatic rings. The van der Waals surface area contributed by atoms with Gasteiger partial charge < -0.3 is 15.7 Å². The molecule has 4 nitrogen and oxygen atoms in total. The summed E-state index contributed by atoms with van der Waals surface area (Å²) in [7, 11) is 0. The number of carbonyl (C=O) groups is 1. The van der Waals surface area contributed by atoms with Crippen LogP contribution in [0.1, 0.15) is 104 Å². The smallest absolute Gasteiger partial charge is 0.221 e. The summed E-state index contributed by atoms with van der Waals surface area (Å²) in [4.78, 5) is 11.7. The van der Waals surface area contributed by atoms with Gasteiger partial charge >= 0.3 is 0 Å². The molecular formula is C21H44N2O2. The van der Waals surface area contributed by atoms with Gasteiger partial charge in [-0.05, 0) is 12.8 Å². The molecule has 3 N–H and O–H groups in total. The van der Waals surface area contributed by atoms with Crippen molar-refractivity contribution in [1.29, 1.82) is 0 Å². The molecule has 0 fully saturated rings. The van der Waals surface area contributed by atoms with Crippen LogP contribution in [0.3, 0.4) is 0 Å². The zero-order valence-corrected chi connectivity index (χ0v) is 17.0. The lowest BCUT2D eigenvalue weighted by atomic mass is 10.1. The van der Waals surface area contributed by atoms with Crippen LogP contribution in [0.25, 0.3) is 0 Å². The van der Waals surface area contributed by atoms with Gasteiger partial charge in [-0.1, -0.05) is 84.5 Å². The zero-order valence-electron chi connectivity index (χ0n) is 17.0. The number of aliphatic hydroxyl groups is 1. The molecular weight excluding hydrogens is 312 g/mol. The van der Waals surface area contributed by atoms with Crippen LogP contribution in [0, 0.1) is 0 Å². The Hall–Kier alpha value is -0.610. The normalized spacial score (nSPS) is 12.3. The van der Waals surface area contributed by atoms with E-state index in [0.29, 0.717) is 13.0 Å². The summed E-state index contributed by atoms with van der Waals surface area (Å²) in [5.74, 6) is 0.114. The number of unbranched alkanes of at least 4 members (excludes halogenated alkanes) is 11. The first-order valence-electron chi connectivity index (χ1n) is 10.9. The Morgan fingerprint density at radius 1 is 0.800 bits per heavy atom. The van der Waals surface area contributed by atoms with Crippen molar-refractivity contribution in [3.63, 3.8) is 0 Å². The number of hydrogen-bond acceptors (Lipinski definition) is 3. The largest absolute Gasteiger partial charge is 0.395 e. The summed E-state index contributed by atoms with van der Waals surface area (Å²) in [6, 6.07) is 0.115. The Morgan fingerprint density at radius 3 is 1.80 bits per heavy atom. The molecule has 0 bridgehead atoms. The van der Waals surface area contributed by atoms with Gasteiger partial charge in [0.15, 0.2) is 0 Å². The quantitative estimate of drug-likeness (QED) is 0.297. The maximum absolute atomic E-state index is 11.7. The first kappa shape index (κ1) is 24.4. The van der Waals surface area contributed by atoms with Crippen molar-refractivity contribution < 1.29 is 9.90 Å². The highest BCUT2D eigenvalue weighted by Gasteiger charge is 2.05. The standard InChI is InChI=1S/C21H44N2O2/c1-3-5-6-7-8-9-10-11-12-13-14-15-17-23-21(25)16-18-22-20(4-2)19-24/h20,22,24H,3-19H2,1-2H3,(H,23,25). The van der Waals surface area contributed by atoms with E-state index in [1.165, 1.54) is 70.6 Å². The van der Waals surface area contributed by atoms with Gasteiger partial charge in [-0.15, -0.1) is 0 Å². The molecule has 0 aliphatic rings. The molecule has 0 aromatic heterocycles. The van der Waals surface area contributed by atoms with Crippen LogP contribution in [-0.2, 0) is 4.79 Å². The molecule has 0 saturated heterocycles. The van der Waals surface area contributed by atoms with E-state index in [-0.39, 0.29) is 18.6 Å². The monoisotopic (exact) mass is 356 g/mol. The molecule has 1 atom stereocenters. The zero-order chi connectivity index (χ0) is 18.6. The predicted octanol–water partition coefficient (Wildman–Crippen LogP) is 4.55. The summed E-state index contributed by atoms with van der Waals surface area (Å²) >= 11 is 0. The fraction of sp³-hybridized carbons (Fsp3) is 0.952. The van der Waals surface area contributed by atoms with Gasteiger partial charge in [0, 0.05) is 25.6 Å². The molecule has 0 aliphatic carbocycles. The summed E-state index contributed by atoms with van der Waals surface area (Å²) < 4.78 is 0. The second kappa shape index (κ2) is 19.7. The SMILES string of the molecule is CCCCCCCCCCCCCCNC(=O)CCNC(CC)CO. The third kappa shape index (κ3) is 18.0. The van der Waals surface area contributed by atoms with Gasteiger partial charge in [-0.2, -0.15) is 0 Å². The highest BCUT2D eigenvalue weighted by molar-refractivity contribution is 5.75. The van der Waals surface area contributed by atoms with Gasteiger partial charge in [0.2, 0.25) is 5.91 Å². The van der Waals surface area contributed by atoms with Crippen LogP contribution >= 0.6 is 0 Å². The average Bonchev–Trinajstić information content (AvgIpc) is 2.62. The van der Waals surface area contributed by atoms with Gasteiger partial charge in [0.25, 0.3) is 0 Å². The van der Waals surface area contributed by atoms with Crippen molar-refractivity contribution in [3.8, 4) is 0 Å². The first-order chi connectivity index (χ1) is 12.2. The summed E-state index contributed by atoms with van der Waals surface area (Å²) in [5, 5.41) is 15.2. The molecule has 1 unspecified atom stereocenters. The minimum atomic E-state index is 0.114. The van der Waals surface area contributed by atoms with E-state index in [0.717, 1.165) is 19.4 Å². The summed E-state index contributed by atoms with van der Waals surface area (Å²) in [6.45, 7) is 5.87. The fourth-order valence-electron chi connectivity index (χ4n) is 3.01. The molecule has 0 saturated carbocycles. The summed E-state index contributed by atoms with van der Waals surface area (Å²) in [6.07, 6.45) is 17.5. The van der Waals surface area contributed by atoms with Crippen LogP contribution in [0.5, 0.6) is 0 Å². The van der Waals surface area contributed by atoms with Crippen molar-refractivity contribution in [2.75, 3.05) is 19.7 Å². The lowest BCUT2D eigenvalue weighted by Gasteiger charge is -2.13. The third-order valence-corrected chi connectivity index (χ3v) is 4.85. The highest BCUT2D eigenvalue weighted by Crippen LogP contribution is 2.11. The second-order valence-electron chi connectivity index (χ2n) is 7.23. The lowest BCUT2D eigenvalue weighted by Crippen LogP contribution is -2.35. The van der Waals surface area contributed by atoms with Crippen molar-refractivity contribution in [2.45, 2.75) is 110 Å². The second-order valence-corrected chi connectivity index (χ2v) is 7.23. The number of carbonyl (C=O) groups excluding carboxylic acids is 1. The number of nitrogens with one attached hydrogen (secondary N) is 2. The van der Waals surface area contributed by atoms with E-state index in [4.69, 9.17) is 5.11 Å². The van der Waals surface area contributed by atoms with E-state index >= 15 is 0 Å². The van der Waals surface area contributed by atoms with E-state index in [1.807, 2.05) is 6.92 Å². The molecule has 4 heteroatoms. The van der Waals surface area contributed by atoms with Gasteiger partial charge in [0.05, 0.1) is 6.61 Å². The Morgan fingerprint density at radius 2 is 1.32 bits per heavy atom. The maximum atomic E-state index is 11.7. The number of amides is 1. The molecule has 150 valence electrons. The highest BCUT2D eigenvalue weighted by atomic mass is 16.3. The summed E-state index contributed by atoms with van der Waals surface area (Å²) in [5.41, 5.74) is 0. The Kier molecular flexibility index (Phi) is 19.2. The van der Waals surface area contributed by atoms with E-state index < -0.39 is 0 Å². The van der Waals surface area contributed by atoms with Crippen LogP contribution < -0.4 is 10.6 Å². The molecule has 0 aliphatic heterocycles. The average molecular weight is 357 g/mol. The molecule has 1 amide bonds. The third-order valence-electron chi connectivity index (χ3n) is 4.85. The molecule has 0 aromatic carbocycles. The minimum Gasteiger partial charge on any atom is -0.395 e. The fourth-order valence-corrected chi connectivity index (χ4v) is 3.01. The molecule has 25 heavy (non-hydrogen) atoms. The van der Waals surface area contributed by atoms with Crippen LogP contribution in [0.4, 0.5) is 0 Å². The lowest BCUT2D eigenvalue weighted by molar-refractivity contribution is -0.121. The molecule has 0 heterocycles. The van der Waals surface area contributed by atoms with Crippen molar-refractivity contribution in [1.82, 2.24) is 10.6 Å². The van der Waals surface area contributed by atoms with Crippen LogP contribution in [-0.4, -0.2) is 36.8 Å². The van der Waals surface area contributed by atoms with Crippen molar-refractivity contribution in [3.05, 3.63) is 0 Å². The van der Waals surface area contributed by atoms with E-state index in [9.17, 15) is 4.79 Å². The van der Waals surface area contributed by atoms with Crippen molar-refractivity contribution in [2.24, 2.45) is 0 Å². The van der Waals surface area contributed by atoms with Gasteiger partial charge in [-0.3, -0.25) is 4.79 Å². The topological polar surface area (TPSA) is 61.4 Å². The number of hydrogen-bond donors (Lipinski definition) is 3. The van der Waals surface area contributed by atoms with E-state index in [2.05, 4.69) is 17.6 Å². The molecule has 0 radical (unpaired) electrons. The van der Waals surface area contributed by atoms with Crippen LogP contribution in [0.2, 0.25) is 0 Å². The van der Waals surface area contributed by atoms with Gasteiger partial charge in [0.1, 0.15) is 0 Å². The number of aliphatic hydroxyl groups excluding tert-OH is 1. The Balaban J connectivity index is 3.21. The molecule has 0 rings (SSSR count). The first-order valence-corrected chi connectivity index (χ1v) is 10.9. The van der Waals surface area contributed by atoms with Crippen molar-refractivity contribution >= 4 is 5.91 Å². The maximum Gasteiger partial charge on any atom is 0.221 e. The molecule has 0 spiro atoms. The van der Waals surface area contributed by atoms with Crippen LogP contribution in [0.15, 0.2) is 0 Å². The number of rotatable bonds is 19. The van der Waals surface area contributed by atoms with E-state index in [1.54, 1.807) is 0 Å². The Bertz CT molecular complexity index is 281. The predicted molar refractivity (Wildman–Crippen MR) is 108 cm³/mol. The minimum absolute atomic E-state index is 0.114. The Labute approximate surface area is 156 Å².